The lowest BCUT2D eigenvalue weighted by molar-refractivity contribution is 0.0965. The lowest BCUT2D eigenvalue weighted by atomic mass is 10.3. The summed E-state index contributed by atoms with van der Waals surface area (Å²) in [5, 5.41) is 2.56. The highest BCUT2D eigenvalue weighted by molar-refractivity contribution is 5.97. The van der Waals surface area contributed by atoms with Crippen molar-refractivity contribution in [1.82, 2.24) is 15.3 Å². The second-order valence-corrected chi connectivity index (χ2v) is 2.26. The van der Waals surface area contributed by atoms with Gasteiger partial charge in [0, 0.05) is 6.20 Å². The number of hydrogen-bond donors (Lipinski definition) is 2. The van der Waals surface area contributed by atoms with Crippen LogP contribution in [-0.4, -0.2) is 15.9 Å². The van der Waals surface area contributed by atoms with E-state index in [-0.39, 0.29) is 5.91 Å². The molecule has 0 bridgehead atoms. The molecule has 2 rings (SSSR count). The fourth-order valence-corrected chi connectivity index (χ4v) is 1.03. The number of carbonyl (C=O) groups is 1. The summed E-state index contributed by atoms with van der Waals surface area (Å²) in [6, 6.07) is 0. The molecule has 0 spiro atoms. The number of nitrogens with one attached hydrogen (secondary N) is 2. The molecule has 11 heavy (non-hydrogen) atoms. The first kappa shape index (κ1) is 6.09. The minimum atomic E-state index is -0.416. The van der Waals surface area contributed by atoms with Crippen LogP contribution in [0.4, 0.5) is 0 Å². The van der Waals surface area contributed by atoms with E-state index in [0.29, 0.717) is 17.8 Å². The summed E-state index contributed by atoms with van der Waals surface area (Å²) in [5.74, 6) is -0.177. The zero-order valence-corrected chi connectivity index (χ0v) is 5.55. The number of amides is 1. The van der Waals surface area contributed by atoms with E-state index < -0.39 is 5.69 Å². The van der Waals surface area contributed by atoms with Crippen LogP contribution in [-0.2, 0) is 6.54 Å². The number of nitrogens with zero attached hydrogens (tertiary/aromatic N) is 1. The van der Waals surface area contributed by atoms with Crippen molar-refractivity contribution >= 4 is 5.91 Å². The summed E-state index contributed by atoms with van der Waals surface area (Å²) in [4.78, 5) is 27.4. The van der Waals surface area contributed by atoms with E-state index in [1.807, 2.05) is 0 Å². The Balaban J connectivity index is 2.68. The van der Waals surface area contributed by atoms with Gasteiger partial charge in [0.2, 0.25) is 0 Å². The number of rotatable bonds is 0. The molecule has 0 saturated carbocycles. The van der Waals surface area contributed by atoms with Crippen LogP contribution in [0.5, 0.6) is 0 Å². The molecule has 5 heteroatoms. The van der Waals surface area contributed by atoms with Gasteiger partial charge < -0.3 is 10.3 Å². The van der Waals surface area contributed by atoms with E-state index in [0.717, 1.165) is 0 Å². The molecule has 0 fully saturated rings. The van der Waals surface area contributed by atoms with Crippen molar-refractivity contribution in [2.45, 2.75) is 6.54 Å². The molecule has 1 aliphatic rings. The summed E-state index contributed by atoms with van der Waals surface area (Å²) >= 11 is 0. The number of hydrogen-bond acceptors (Lipinski definition) is 3. The smallest absolute Gasteiger partial charge is 0.345 e. The van der Waals surface area contributed by atoms with Crippen LogP contribution in [0.25, 0.3) is 0 Å². The monoisotopic (exact) mass is 151 g/mol. The van der Waals surface area contributed by atoms with Crippen LogP contribution in [0.3, 0.4) is 0 Å². The van der Waals surface area contributed by atoms with E-state index in [2.05, 4.69) is 15.3 Å². The SMILES string of the molecule is O=C1NCc2[nH]c(=O)ncc21. The Bertz CT molecular complexity index is 368. The summed E-state index contributed by atoms with van der Waals surface area (Å²) in [6.07, 6.45) is 1.29. The summed E-state index contributed by atoms with van der Waals surface area (Å²) in [6.45, 7) is 0.395. The zero-order chi connectivity index (χ0) is 7.84. The molecule has 1 aromatic rings. The first-order chi connectivity index (χ1) is 5.27. The van der Waals surface area contributed by atoms with Gasteiger partial charge in [-0.2, -0.15) is 0 Å². The van der Waals surface area contributed by atoms with Gasteiger partial charge in [-0.05, 0) is 0 Å². The highest BCUT2D eigenvalue weighted by atomic mass is 16.2. The fraction of sp³-hybridized carbons (Fsp3) is 0.167. The Morgan fingerprint density at radius 3 is 3.09 bits per heavy atom. The van der Waals surface area contributed by atoms with Crippen molar-refractivity contribution in [3.63, 3.8) is 0 Å². The molecule has 0 saturated heterocycles. The van der Waals surface area contributed by atoms with Gasteiger partial charge in [-0.25, -0.2) is 9.78 Å². The molecule has 0 aliphatic carbocycles. The molecule has 0 radical (unpaired) electrons. The third kappa shape index (κ3) is 0.813. The minimum Gasteiger partial charge on any atom is -0.346 e. The van der Waals surface area contributed by atoms with Gasteiger partial charge in [-0.15, -0.1) is 0 Å². The van der Waals surface area contributed by atoms with Gasteiger partial charge in [0.25, 0.3) is 5.91 Å². The molecule has 0 atom stereocenters. The Kier molecular flexibility index (Phi) is 1.06. The largest absolute Gasteiger partial charge is 0.346 e. The van der Waals surface area contributed by atoms with Gasteiger partial charge in [0.05, 0.1) is 17.8 Å². The van der Waals surface area contributed by atoms with E-state index in [4.69, 9.17) is 0 Å². The highest BCUT2D eigenvalue weighted by Gasteiger charge is 2.19. The molecule has 1 aliphatic heterocycles. The van der Waals surface area contributed by atoms with Crippen LogP contribution < -0.4 is 11.0 Å². The maximum atomic E-state index is 10.9. The number of H-pyrrole nitrogens is 1. The van der Waals surface area contributed by atoms with E-state index >= 15 is 0 Å². The minimum absolute atomic E-state index is 0.177. The number of fused-ring (bicyclic) bond motifs is 1. The normalized spacial score (nSPS) is 14.4. The predicted octanol–water partition coefficient (Wildman–Crippen LogP) is -0.987. The average molecular weight is 151 g/mol. The fourth-order valence-electron chi connectivity index (χ4n) is 1.03. The Morgan fingerprint density at radius 2 is 2.27 bits per heavy atom. The topological polar surface area (TPSA) is 74.8 Å². The first-order valence-electron chi connectivity index (χ1n) is 3.14. The van der Waals surface area contributed by atoms with Crippen molar-refractivity contribution < 1.29 is 4.79 Å². The molecule has 1 amide bonds. The Labute approximate surface area is 61.5 Å². The lowest BCUT2D eigenvalue weighted by Gasteiger charge is -1.89. The average Bonchev–Trinajstić information content (AvgIpc) is 2.32. The van der Waals surface area contributed by atoms with E-state index in [1.165, 1.54) is 6.20 Å². The van der Waals surface area contributed by atoms with Crippen molar-refractivity contribution in [3.05, 3.63) is 27.9 Å². The second kappa shape index (κ2) is 1.91. The molecule has 56 valence electrons. The van der Waals surface area contributed by atoms with Gasteiger partial charge in [0.1, 0.15) is 0 Å². The molecular weight excluding hydrogens is 146 g/mol. The summed E-state index contributed by atoms with van der Waals surface area (Å²) in [5.41, 5.74) is 0.667. The molecule has 0 aromatic carbocycles. The van der Waals surface area contributed by atoms with E-state index in [1.54, 1.807) is 0 Å². The lowest BCUT2D eigenvalue weighted by Crippen LogP contribution is -2.13. The van der Waals surface area contributed by atoms with Crippen LogP contribution in [0.2, 0.25) is 0 Å². The number of carbonyl (C=O) groups excluding carboxylic acids is 1. The molecule has 1 aromatic heterocycles. The molecule has 2 N–H and O–H groups in total. The van der Waals surface area contributed by atoms with Crippen molar-refractivity contribution in [2.24, 2.45) is 0 Å². The van der Waals surface area contributed by atoms with Crippen molar-refractivity contribution in [2.75, 3.05) is 0 Å². The summed E-state index contributed by atoms with van der Waals surface area (Å²) in [7, 11) is 0. The van der Waals surface area contributed by atoms with Crippen LogP contribution >= 0.6 is 0 Å². The predicted molar refractivity (Wildman–Crippen MR) is 36.0 cm³/mol. The van der Waals surface area contributed by atoms with Gasteiger partial charge in [0.15, 0.2) is 0 Å². The third-order valence-corrected chi connectivity index (χ3v) is 1.56. The Hall–Kier alpha value is -1.65. The Morgan fingerprint density at radius 1 is 1.45 bits per heavy atom. The second-order valence-electron chi connectivity index (χ2n) is 2.26. The van der Waals surface area contributed by atoms with E-state index in [9.17, 15) is 9.59 Å². The molecule has 5 nitrogen and oxygen atoms in total. The van der Waals surface area contributed by atoms with Crippen LogP contribution in [0.15, 0.2) is 11.0 Å². The maximum absolute atomic E-state index is 10.9. The van der Waals surface area contributed by atoms with Crippen LogP contribution in [0.1, 0.15) is 16.1 Å². The highest BCUT2D eigenvalue weighted by Crippen LogP contribution is 2.07. The van der Waals surface area contributed by atoms with Gasteiger partial charge >= 0.3 is 5.69 Å². The molecular formula is C6H5N3O2. The van der Waals surface area contributed by atoms with Crippen LogP contribution in [0, 0.1) is 0 Å². The third-order valence-electron chi connectivity index (χ3n) is 1.56. The maximum Gasteiger partial charge on any atom is 0.345 e. The van der Waals surface area contributed by atoms with Gasteiger partial charge in [-0.1, -0.05) is 0 Å². The standard InChI is InChI=1S/C6H5N3O2/c10-5-3-1-8-6(11)9-4(3)2-7-5/h1H,2H2,(H,7,10)(H,8,9,11). The van der Waals surface area contributed by atoms with Gasteiger partial charge in [-0.3, -0.25) is 4.79 Å². The van der Waals surface area contributed by atoms with Crippen molar-refractivity contribution in [3.8, 4) is 0 Å². The molecule has 0 unspecified atom stereocenters. The molecule has 2 heterocycles. The zero-order valence-electron chi connectivity index (χ0n) is 5.55. The first-order valence-corrected chi connectivity index (χ1v) is 3.14. The quantitative estimate of drug-likeness (QED) is 0.500. The number of aromatic nitrogens is 2. The van der Waals surface area contributed by atoms with Crippen molar-refractivity contribution in [1.29, 1.82) is 0 Å². The summed E-state index contributed by atoms with van der Waals surface area (Å²) < 4.78 is 0. The number of aromatic amines is 1.